The molecule has 0 bridgehead atoms. The number of benzene rings is 2. The molecular formula is C26H27F3O6. The highest BCUT2D eigenvalue weighted by Crippen LogP contribution is 2.29. The Labute approximate surface area is 201 Å². The lowest BCUT2D eigenvalue weighted by Gasteiger charge is -2.10. The molecule has 0 fully saturated rings. The highest BCUT2D eigenvalue weighted by Gasteiger charge is 2.28. The number of alkyl halides is 3. The SMILES string of the molecule is COc1ccc(/C=C/C(O)=C(\CCC(F)(F)F)C(=O)/C=C/c2ccc(CO)c(CO)c2)cc1OC. The third-order valence-electron chi connectivity index (χ3n) is 5.10. The van der Waals surface area contributed by atoms with Gasteiger partial charge < -0.3 is 24.8 Å². The molecule has 0 aliphatic carbocycles. The number of ether oxygens (including phenoxy) is 2. The maximum absolute atomic E-state index is 12.8. The second-order valence-corrected chi connectivity index (χ2v) is 7.47. The van der Waals surface area contributed by atoms with Crippen LogP contribution in [0.5, 0.6) is 11.5 Å². The van der Waals surface area contributed by atoms with Gasteiger partial charge in [0.25, 0.3) is 0 Å². The first-order valence-corrected chi connectivity index (χ1v) is 10.6. The van der Waals surface area contributed by atoms with Gasteiger partial charge >= 0.3 is 6.18 Å². The first-order valence-electron chi connectivity index (χ1n) is 10.6. The topological polar surface area (TPSA) is 96.2 Å². The summed E-state index contributed by atoms with van der Waals surface area (Å²) in [6.45, 7) is -0.604. The average Bonchev–Trinajstić information content (AvgIpc) is 2.84. The van der Waals surface area contributed by atoms with Crippen molar-refractivity contribution < 1.29 is 42.8 Å². The lowest BCUT2D eigenvalue weighted by atomic mass is 10.0. The van der Waals surface area contributed by atoms with E-state index in [9.17, 15) is 33.3 Å². The van der Waals surface area contributed by atoms with E-state index < -0.39 is 36.1 Å². The Morgan fingerprint density at radius 3 is 2.09 bits per heavy atom. The number of rotatable bonds is 11. The molecule has 0 saturated heterocycles. The molecule has 188 valence electrons. The van der Waals surface area contributed by atoms with Crippen LogP contribution >= 0.6 is 0 Å². The minimum atomic E-state index is -4.52. The third-order valence-corrected chi connectivity index (χ3v) is 5.10. The normalized spacial score (nSPS) is 12.8. The fourth-order valence-corrected chi connectivity index (χ4v) is 3.20. The van der Waals surface area contributed by atoms with Crippen LogP contribution in [0.1, 0.15) is 35.1 Å². The van der Waals surface area contributed by atoms with Crippen molar-refractivity contribution in [1.82, 2.24) is 0 Å². The number of ketones is 1. The molecule has 35 heavy (non-hydrogen) atoms. The summed E-state index contributed by atoms with van der Waals surface area (Å²) >= 11 is 0. The van der Waals surface area contributed by atoms with Crippen LogP contribution in [0.4, 0.5) is 13.2 Å². The van der Waals surface area contributed by atoms with Gasteiger partial charge in [0, 0.05) is 12.0 Å². The molecule has 0 amide bonds. The number of aliphatic hydroxyl groups is 3. The summed E-state index contributed by atoms with van der Waals surface area (Å²) in [5, 5.41) is 29.1. The molecule has 0 aliphatic heterocycles. The van der Waals surface area contributed by atoms with Crippen molar-refractivity contribution in [3.05, 3.63) is 82.1 Å². The summed E-state index contributed by atoms with van der Waals surface area (Å²) in [7, 11) is 2.92. The second kappa shape index (κ2) is 12.8. The Kier molecular flexibility index (Phi) is 10.1. The molecule has 0 aromatic heterocycles. The van der Waals surface area contributed by atoms with Crippen LogP contribution in [0.25, 0.3) is 12.2 Å². The van der Waals surface area contributed by atoms with Gasteiger partial charge in [0.1, 0.15) is 5.76 Å². The molecule has 0 radical (unpaired) electrons. The lowest BCUT2D eigenvalue weighted by molar-refractivity contribution is -0.134. The van der Waals surface area contributed by atoms with Gasteiger partial charge in [-0.25, -0.2) is 0 Å². The molecule has 0 saturated carbocycles. The largest absolute Gasteiger partial charge is 0.508 e. The van der Waals surface area contributed by atoms with E-state index in [-0.39, 0.29) is 13.2 Å². The minimum absolute atomic E-state index is 0.274. The molecule has 0 atom stereocenters. The molecule has 2 rings (SSSR count). The van der Waals surface area contributed by atoms with Gasteiger partial charge in [-0.05, 0) is 59.0 Å². The van der Waals surface area contributed by atoms with Crippen molar-refractivity contribution in [3.8, 4) is 11.5 Å². The molecule has 2 aromatic rings. The first kappa shape index (κ1) is 27.7. The summed E-state index contributed by atoms with van der Waals surface area (Å²) < 4.78 is 48.8. The van der Waals surface area contributed by atoms with Crippen LogP contribution in [0, 0.1) is 0 Å². The lowest BCUT2D eigenvalue weighted by Crippen LogP contribution is -2.11. The van der Waals surface area contributed by atoms with Gasteiger partial charge in [0.15, 0.2) is 17.3 Å². The fourth-order valence-electron chi connectivity index (χ4n) is 3.20. The predicted molar refractivity (Wildman–Crippen MR) is 126 cm³/mol. The van der Waals surface area contributed by atoms with Crippen LogP contribution in [0.3, 0.4) is 0 Å². The van der Waals surface area contributed by atoms with E-state index in [1.165, 1.54) is 26.4 Å². The van der Waals surface area contributed by atoms with Gasteiger partial charge in [0.05, 0.1) is 27.4 Å². The molecule has 6 nitrogen and oxygen atoms in total. The summed E-state index contributed by atoms with van der Waals surface area (Å²) in [5.74, 6) is -0.485. The molecule has 9 heteroatoms. The number of aliphatic hydroxyl groups excluding tert-OH is 3. The third kappa shape index (κ3) is 8.31. The molecule has 2 aromatic carbocycles. The smallest absolute Gasteiger partial charge is 0.389 e. The van der Waals surface area contributed by atoms with Gasteiger partial charge in [-0.15, -0.1) is 0 Å². The Balaban J connectivity index is 2.34. The van der Waals surface area contributed by atoms with E-state index in [2.05, 4.69) is 0 Å². The van der Waals surface area contributed by atoms with Gasteiger partial charge in [-0.2, -0.15) is 13.2 Å². The van der Waals surface area contributed by atoms with Crippen molar-refractivity contribution in [1.29, 1.82) is 0 Å². The van der Waals surface area contributed by atoms with Crippen LogP contribution in [-0.2, 0) is 18.0 Å². The zero-order valence-electron chi connectivity index (χ0n) is 19.3. The molecule has 0 heterocycles. The van der Waals surface area contributed by atoms with Gasteiger partial charge in [0.2, 0.25) is 0 Å². The van der Waals surface area contributed by atoms with E-state index in [1.54, 1.807) is 36.4 Å². The minimum Gasteiger partial charge on any atom is -0.508 e. The predicted octanol–water partition coefficient (Wildman–Crippen LogP) is 5.14. The van der Waals surface area contributed by atoms with Crippen molar-refractivity contribution >= 4 is 17.9 Å². The van der Waals surface area contributed by atoms with E-state index in [1.807, 2.05) is 0 Å². The zero-order chi connectivity index (χ0) is 26.0. The maximum Gasteiger partial charge on any atom is 0.389 e. The quantitative estimate of drug-likeness (QED) is 0.228. The van der Waals surface area contributed by atoms with Crippen molar-refractivity contribution in [3.63, 3.8) is 0 Å². The highest BCUT2D eigenvalue weighted by molar-refractivity contribution is 6.07. The van der Waals surface area contributed by atoms with Crippen LogP contribution in [-0.4, -0.2) is 41.5 Å². The van der Waals surface area contributed by atoms with E-state index >= 15 is 0 Å². The highest BCUT2D eigenvalue weighted by atomic mass is 19.4. The number of hydrogen-bond donors (Lipinski definition) is 3. The monoisotopic (exact) mass is 492 g/mol. The summed E-state index contributed by atoms with van der Waals surface area (Å²) in [4.78, 5) is 12.7. The van der Waals surface area contributed by atoms with Gasteiger partial charge in [-0.1, -0.05) is 30.4 Å². The summed E-state index contributed by atoms with van der Waals surface area (Å²) in [6, 6.07) is 9.58. The number of carbonyl (C=O) groups is 1. The first-order chi connectivity index (χ1) is 16.6. The number of allylic oxidation sites excluding steroid dienone is 3. The van der Waals surface area contributed by atoms with E-state index in [4.69, 9.17) is 9.47 Å². The Hall–Kier alpha value is -3.56. The maximum atomic E-state index is 12.8. The van der Waals surface area contributed by atoms with Crippen LogP contribution in [0.2, 0.25) is 0 Å². The summed E-state index contributed by atoms with van der Waals surface area (Å²) in [6.07, 6.45) is -1.50. The van der Waals surface area contributed by atoms with Crippen molar-refractivity contribution in [2.45, 2.75) is 32.2 Å². The Morgan fingerprint density at radius 1 is 0.886 bits per heavy atom. The van der Waals surface area contributed by atoms with Crippen molar-refractivity contribution in [2.75, 3.05) is 14.2 Å². The number of carbonyl (C=O) groups excluding carboxylic acids is 1. The molecule has 0 aliphatic rings. The zero-order valence-corrected chi connectivity index (χ0v) is 19.3. The van der Waals surface area contributed by atoms with Crippen molar-refractivity contribution in [2.24, 2.45) is 0 Å². The standard InChI is InChI=1S/C26H27F3O6/c1-34-24-10-6-18(14-25(24)35-2)5-9-23(33)21(11-12-26(27,28)29)22(32)8-4-17-3-7-19(15-30)20(13-17)16-31/h3-10,13-14,30-31,33H,11-12,15-16H2,1-2H3/b8-4+,9-5+,23-21-. The number of halogens is 3. The van der Waals surface area contributed by atoms with Crippen LogP contribution < -0.4 is 9.47 Å². The molecular weight excluding hydrogens is 465 g/mol. The molecule has 3 N–H and O–H groups in total. The number of methoxy groups -OCH3 is 2. The average molecular weight is 492 g/mol. The fraction of sp³-hybridized carbons (Fsp3) is 0.269. The second-order valence-electron chi connectivity index (χ2n) is 7.47. The van der Waals surface area contributed by atoms with E-state index in [0.717, 1.165) is 12.2 Å². The Bertz CT molecular complexity index is 1120. The van der Waals surface area contributed by atoms with Crippen LogP contribution in [0.15, 0.2) is 59.9 Å². The van der Waals surface area contributed by atoms with E-state index in [0.29, 0.717) is 33.8 Å². The van der Waals surface area contributed by atoms with Gasteiger partial charge in [-0.3, -0.25) is 4.79 Å². The molecule has 0 unspecified atom stereocenters. The molecule has 0 spiro atoms. The Morgan fingerprint density at radius 2 is 1.49 bits per heavy atom. The summed E-state index contributed by atoms with van der Waals surface area (Å²) in [5.41, 5.74) is 1.63. The number of hydrogen-bond acceptors (Lipinski definition) is 6.